The van der Waals surface area contributed by atoms with Crippen molar-refractivity contribution in [3.63, 3.8) is 0 Å². The van der Waals surface area contributed by atoms with Crippen LogP contribution in [0.15, 0.2) is 12.7 Å². The first-order chi connectivity index (χ1) is 6.45. The van der Waals surface area contributed by atoms with Crippen LogP contribution >= 0.6 is 0 Å². The number of hydrogen-bond donors (Lipinski definition) is 1. The van der Waals surface area contributed by atoms with Crippen molar-refractivity contribution in [3.8, 4) is 0 Å². The van der Waals surface area contributed by atoms with Crippen molar-refractivity contribution in [2.75, 3.05) is 0 Å². The molecule has 14 heavy (non-hydrogen) atoms. The topological polar surface area (TPSA) is 20.2 Å². The van der Waals surface area contributed by atoms with E-state index >= 15 is 0 Å². The lowest BCUT2D eigenvalue weighted by molar-refractivity contribution is 0.110. The Bertz CT molecular complexity index is 144. The van der Waals surface area contributed by atoms with Gasteiger partial charge in [-0.05, 0) is 31.1 Å². The lowest BCUT2D eigenvalue weighted by Gasteiger charge is -2.22. The normalized spacial score (nSPS) is 14.0. The third-order valence-electron chi connectivity index (χ3n) is 2.29. The van der Waals surface area contributed by atoms with Gasteiger partial charge in [0.05, 0.1) is 6.10 Å². The van der Waals surface area contributed by atoms with Gasteiger partial charge in [0, 0.05) is 0 Å². The maximum Gasteiger partial charge on any atom is 0.0545 e. The van der Waals surface area contributed by atoms with Crippen LogP contribution in [0.1, 0.15) is 59.3 Å². The monoisotopic (exact) mass is 198 g/mol. The van der Waals surface area contributed by atoms with E-state index in [0.29, 0.717) is 0 Å². The molecule has 0 saturated heterocycles. The molecule has 0 heterocycles. The van der Waals surface area contributed by atoms with Gasteiger partial charge in [-0.15, -0.1) is 6.58 Å². The molecule has 1 unspecified atom stereocenters. The average molecular weight is 198 g/mol. The van der Waals surface area contributed by atoms with E-state index in [0.717, 1.165) is 25.7 Å². The second-order valence-electron chi connectivity index (χ2n) is 5.35. The first-order valence-corrected chi connectivity index (χ1v) is 5.74. The molecule has 0 rings (SSSR count). The number of allylic oxidation sites excluding steroid dienone is 1. The van der Waals surface area contributed by atoms with Crippen LogP contribution in [0.3, 0.4) is 0 Å². The van der Waals surface area contributed by atoms with Crippen molar-refractivity contribution in [1.82, 2.24) is 0 Å². The summed E-state index contributed by atoms with van der Waals surface area (Å²) in [5.41, 5.74) is 0.251. The molecule has 0 aliphatic heterocycles. The first kappa shape index (κ1) is 13.7. The molecule has 0 aliphatic rings. The van der Waals surface area contributed by atoms with Gasteiger partial charge in [0.1, 0.15) is 0 Å². The molecule has 0 bridgehead atoms. The van der Waals surface area contributed by atoms with Crippen LogP contribution in [0.5, 0.6) is 0 Å². The fourth-order valence-corrected chi connectivity index (χ4v) is 1.65. The third kappa shape index (κ3) is 9.79. The second-order valence-corrected chi connectivity index (χ2v) is 5.35. The Morgan fingerprint density at radius 2 is 1.86 bits per heavy atom. The Morgan fingerprint density at radius 3 is 2.36 bits per heavy atom. The fraction of sp³-hybridized carbons (Fsp3) is 0.846. The maximum atomic E-state index is 9.72. The average Bonchev–Trinajstić information content (AvgIpc) is 2.00. The van der Waals surface area contributed by atoms with Crippen LogP contribution in [-0.2, 0) is 0 Å². The molecule has 84 valence electrons. The Morgan fingerprint density at radius 1 is 1.21 bits per heavy atom. The molecule has 0 saturated carbocycles. The zero-order chi connectivity index (χ0) is 11.0. The quantitative estimate of drug-likeness (QED) is 0.485. The van der Waals surface area contributed by atoms with Crippen LogP contribution in [-0.4, -0.2) is 11.2 Å². The van der Waals surface area contributed by atoms with Gasteiger partial charge in [-0.3, -0.25) is 0 Å². The van der Waals surface area contributed by atoms with Crippen molar-refractivity contribution in [2.24, 2.45) is 5.41 Å². The van der Waals surface area contributed by atoms with Gasteiger partial charge in [0.25, 0.3) is 0 Å². The minimum Gasteiger partial charge on any atom is -0.393 e. The predicted molar refractivity (Wildman–Crippen MR) is 63.4 cm³/mol. The summed E-state index contributed by atoms with van der Waals surface area (Å²) in [6.45, 7) is 10.2. The summed E-state index contributed by atoms with van der Waals surface area (Å²) in [5, 5.41) is 9.72. The van der Waals surface area contributed by atoms with E-state index in [-0.39, 0.29) is 11.5 Å². The van der Waals surface area contributed by atoms with E-state index in [1.807, 2.05) is 6.08 Å². The molecular weight excluding hydrogens is 172 g/mol. The highest BCUT2D eigenvalue weighted by molar-refractivity contribution is 4.69. The zero-order valence-corrected chi connectivity index (χ0v) is 10.1. The SMILES string of the molecule is C=CCCCCCC(O)CC(C)(C)C. The van der Waals surface area contributed by atoms with Gasteiger partial charge in [-0.1, -0.05) is 39.7 Å². The molecule has 1 heteroatoms. The molecule has 0 spiro atoms. The smallest absolute Gasteiger partial charge is 0.0545 e. The van der Waals surface area contributed by atoms with E-state index < -0.39 is 0 Å². The second kappa shape index (κ2) is 7.05. The standard InChI is InChI=1S/C13H26O/c1-5-6-7-8-9-10-12(14)11-13(2,3)4/h5,12,14H,1,6-11H2,2-4H3. The van der Waals surface area contributed by atoms with E-state index in [1.54, 1.807) is 0 Å². The zero-order valence-electron chi connectivity index (χ0n) is 10.1. The van der Waals surface area contributed by atoms with Gasteiger partial charge in [0.15, 0.2) is 0 Å². The molecule has 0 aromatic carbocycles. The summed E-state index contributed by atoms with van der Waals surface area (Å²) < 4.78 is 0. The van der Waals surface area contributed by atoms with Crippen LogP contribution in [0.25, 0.3) is 0 Å². The van der Waals surface area contributed by atoms with E-state index in [2.05, 4.69) is 27.4 Å². The maximum absolute atomic E-state index is 9.72. The predicted octanol–water partition coefficient (Wildman–Crippen LogP) is 3.92. The molecular formula is C13H26O. The van der Waals surface area contributed by atoms with Crippen LogP contribution in [0, 0.1) is 5.41 Å². The van der Waals surface area contributed by atoms with Gasteiger partial charge in [-0.25, -0.2) is 0 Å². The molecule has 0 aliphatic carbocycles. The summed E-state index contributed by atoms with van der Waals surface area (Å²) in [5.74, 6) is 0. The highest BCUT2D eigenvalue weighted by Crippen LogP contribution is 2.23. The molecule has 0 aromatic rings. The van der Waals surface area contributed by atoms with E-state index in [4.69, 9.17) is 0 Å². The minimum atomic E-state index is -0.112. The summed E-state index contributed by atoms with van der Waals surface area (Å²) in [6, 6.07) is 0. The van der Waals surface area contributed by atoms with Crippen molar-refractivity contribution >= 4 is 0 Å². The van der Waals surface area contributed by atoms with Crippen molar-refractivity contribution in [1.29, 1.82) is 0 Å². The number of aliphatic hydroxyl groups excluding tert-OH is 1. The molecule has 1 nitrogen and oxygen atoms in total. The van der Waals surface area contributed by atoms with Crippen LogP contribution in [0.4, 0.5) is 0 Å². The minimum absolute atomic E-state index is 0.112. The Balaban J connectivity index is 3.35. The van der Waals surface area contributed by atoms with Crippen molar-refractivity contribution < 1.29 is 5.11 Å². The molecule has 1 atom stereocenters. The highest BCUT2D eigenvalue weighted by Gasteiger charge is 2.15. The van der Waals surface area contributed by atoms with Gasteiger partial charge >= 0.3 is 0 Å². The summed E-state index contributed by atoms with van der Waals surface area (Å²) in [7, 11) is 0. The van der Waals surface area contributed by atoms with Crippen LogP contribution in [0.2, 0.25) is 0 Å². The number of rotatable bonds is 7. The Kier molecular flexibility index (Phi) is 6.90. The fourth-order valence-electron chi connectivity index (χ4n) is 1.65. The van der Waals surface area contributed by atoms with Crippen LogP contribution < -0.4 is 0 Å². The van der Waals surface area contributed by atoms with Gasteiger partial charge in [0.2, 0.25) is 0 Å². The first-order valence-electron chi connectivity index (χ1n) is 5.74. The molecule has 0 radical (unpaired) electrons. The molecule has 0 fully saturated rings. The summed E-state index contributed by atoms with van der Waals surface area (Å²) >= 11 is 0. The largest absolute Gasteiger partial charge is 0.393 e. The molecule has 0 amide bonds. The lowest BCUT2D eigenvalue weighted by atomic mass is 9.87. The Labute approximate surface area is 89.2 Å². The Hall–Kier alpha value is -0.300. The van der Waals surface area contributed by atoms with E-state index in [1.165, 1.54) is 12.8 Å². The van der Waals surface area contributed by atoms with E-state index in [9.17, 15) is 5.11 Å². The van der Waals surface area contributed by atoms with Crippen molar-refractivity contribution in [3.05, 3.63) is 12.7 Å². The number of hydrogen-bond acceptors (Lipinski definition) is 1. The van der Waals surface area contributed by atoms with Gasteiger partial charge in [-0.2, -0.15) is 0 Å². The third-order valence-corrected chi connectivity index (χ3v) is 2.29. The van der Waals surface area contributed by atoms with Gasteiger partial charge < -0.3 is 5.11 Å². The number of aliphatic hydroxyl groups is 1. The highest BCUT2D eigenvalue weighted by atomic mass is 16.3. The molecule has 0 aromatic heterocycles. The summed E-state index contributed by atoms with van der Waals surface area (Å²) in [4.78, 5) is 0. The number of unbranched alkanes of at least 4 members (excludes halogenated alkanes) is 3. The lowest BCUT2D eigenvalue weighted by Crippen LogP contribution is -2.17. The summed E-state index contributed by atoms with van der Waals surface area (Å²) in [6.07, 6.45) is 8.40. The molecule has 1 N–H and O–H groups in total. The van der Waals surface area contributed by atoms with Crippen molar-refractivity contribution in [2.45, 2.75) is 65.4 Å².